The molecule has 0 aromatic heterocycles. The van der Waals surface area contributed by atoms with Crippen LogP contribution in [-0.4, -0.2) is 47.4 Å². The van der Waals surface area contributed by atoms with E-state index in [1.165, 1.54) is 302 Å². The molecular weight excluding hydrogens is 947 g/mol. The van der Waals surface area contributed by atoms with Gasteiger partial charge < -0.3 is 20.3 Å². The number of amides is 1. The highest BCUT2D eigenvalue weighted by Crippen LogP contribution is 2.19. The van der Waals surface area contributed by atoms with Crippen LogP contribution in [0.5, 0.6) is 0 Å². The largest absolute Gasteiger partial charge is 0.466 e. The lowest BCUT2D eigenvalue weighted by atomic mass is 10.0. The van der Waals surface area contributed by atoms with Gasteiger partial charge in [0.05, 0.1) is 25.4 Å². The molecule has 3 N–H and O–H groups in total. The fourth-order valence-corrected chi connectivity index (χ4v) is 10.8. The zero-order chi connectivity index (χ0) is 55.7. The molecule has 0 aliphatic carbocycles. The molecular formula is C71H135NO5. The van der Waals surface area contributed by atoms with E-state index in [0.717, 1.165) is 51.4 Å². The van der Waals surface area contributed by atoms with E-state index in [0.29, 0.717) is 19.4 Å². The Kier molecular flexibility index (Phi) is 64.9. The van der Waals surface area contributed by atoms with E-state index in [1.54, 1.807) is 6.08 Å². The van der Waals surface area contributed by atoms with Gasteiger partial charge >= 0.3 is 5.97 Å². The number of aliphatic hydroxyl groups is 2. The lowest BCUT2D eigenvalue weighted by Crippen LogP contribution is -2.45. The number of esters is 1. The van der Waals surface area contributed by atoms with Crippen molar-refractivity contribution in [2.24, 2.45) is 0 Å². The number of hydrogen-bond acceptors (Lipinski definition) is 5. The molecule has 77 heavy (non-hydrogen) atoms. The van der Waals surface area contributed by atoms with E-state index in [-0.39, 0.29) is 18.5 Å². The summed E-state index contributed by atoms with van der Waals surface area (Å²) in [5.41, 5.74) is 0. The molecule has 0 radical (unpaired) electrons. The zero-order valence-corrected chi connectivity index (χ0v) is 52.0. The Balaban J connectivity index is 3.35. The molecule has 0 rings (SSSR count). The van der Waals surface area contributed by atoms with Crippen LogP contribution in [0.25, 0.3) is 0 Å². The fraction of sp³-hybridized carbons (Fsp3) is 0.887. The first-order chi connectivity index (χ1) is 38.0. The summed E-state index contributed by atoms with van der Waals surface area (Å²) < 4.78 is 5.49. The molecule has 0 spiro atoms. The monoisotopic (exact) mass is 1080 g/mol. The van der Waals surface area contributed by atoms with Crippen LogP contribution < -0.4 is 5.32 Å². The third-order valence-corrected chi connectivity index (χ3v) is 16.2. The van der Waals surface area contributed by atoms with Gasteiger partial charge in [0.2, 0.25) is 5.91 Å². The van der Waals surface area contributed by atoms with E-state index < -0.39 is 12.1 Å². The lowest BCUT2D eigenvalue weighted by Gasteiger charge is -2.20. The van der Waals surface area contributed by atoms with Crippen molar-refractivity contribution in [3.63, 3.8) is 0 Å². The molecule has 1 amide bonds. The maximum Gasteiger partial charge on any atom is 0.305 e. The van der Waals surface area contributed by atoms with E-state index >= 15 is 0 Å². The van der Waals surface area contributed by atoms with Crippen molar-refractivity contribution < 1.29 is 24.5 Å². The quantitative estimate of drug-likeness (QED) is 0.0320. The van der Waals surface area contributed by atoms with Crippen LogP contribution in [0, 0.1) is 0 Å². The number of ether oxygens (including phenoxy) is 1. The molecule has 0 bridgehead atoms. The van der Waals surface area contributed by atoms with Crippen molar-refractivity contribution in [2.45, 2.75) is 392 Å². The second kappa shape index (κ2) is 66.6. The van der Waals surface area contributed by atoms with Gasteiger partial charge in [-0.15, -0.1) is 0 Å². The molecule has 0 saturated carbocycles. The molecule has 0 saturated heterocycles. The highest BCUT2D eigenvalue weighted by molar-refractivity contribution is 5.76. The van der Waals surface area contributed by atoms with Crippen molar-refractivity contribution >= 4 is 11.9 Å². The van der Waals surface area contributed by atoms with E-state index in [4.69, 9.17) is 4.74 Å². The maximum atomic E-state index is 12.5. The molecule has 0 aliphatic heterocycles. The molecule has 6 heteroatoms. The summed E-state index contributed by atoms with van der Waals surface area (Å²) >= 11 is 0. The number of nitrogens with one attached hydrogen (secondary N) is 1. The molecule has 2 atom stereocenters. The van der Waals surface area contributed by atoms with Gasteiger partial charge in [-0.3, -0.25) is 9.59 Å². The van der Waals surface area contributed by atoms with Gasteiger partial charge in [0.1, 0.15) is 0 Å². The third kappa shape index (κ3) is 63.1. The summed E-state index contributed by atoms with van der Waals surface area (Å²) in [7, 11) is 0. The van der Waals surface area contributed by atoms with E-state index in [9.17, 15) is 19.8 Å². The first-order valence-corrected chi connectivity index (χ1v) is 34.8. The van der Waals surface area contributed by atoms with Crippen LogP contribution >= 0.6 is 0 Å². The minimum absolute atomic E-state index is 0.00598. The van der Waals surface area contributed by atoms with Crippen molar-refractivity contribution in [3.05, 3.63) is 36.5 Å². The average molecular weight is 1080 g/mol. The highest BCUT2D eigenvalue weighted by atomic mass is 16.5. The first kappa shape index (κ1) is 75.1. The van der Waals surface area contributed by atoms with Gasteiger partial charge in [0.15, 0.2) is 0 Å². The van der Waals surface area contributed by atoms with Crippen LogP contribution in [0.4, 0.5) is 0 Å². The van der Waals surface area contributed by atoms with Gasteiger partial charge in [-0.05, 0) is 64.2 Å². The Morgan fingerprint density at radius 3 is 1.01 bits per heavy atom. The number of unbranched alkanes of at least 4 members (excludes halogenated alkanes) is 50. The van der Waals surface area contributed by atoms with Gasteiger partial charge in [-0.2, -0.15) is 0 Å². The Morgan fingerprint density at radius 1 is 0.364 bits per heavy atom. The van der Waals surface area contributed by atoms with Crippen molar-refractivity contribution in [2.75, 3.05) is 13.2 Å². The van der Waals surface area contributed by atoms with E-state index in [1.807, 2.05) is 6.08 Å². The lowest BCUT2D eigenvalue weighted by molar-refractivity contribution is -0.143. The molecule has 0 unspecified atom stereocenters. The van der Waals surface area contributed by atoms with Crippen molar-refractivity contribution in [1.82, 2.24) is 5.32 Å². The molecule has 6 nitrogen and oxygen atoms in total. The van der Waals surface area contributed by atoms with Crippen LogP contribution in [0.3, 0.4) is 0 Å². The standard InChI is InChI=1S/C71H135NO5/c1-3-5-7-9-11-13-15-17-35-39-43-47-51-55-59-63-69(74)68(67-73)72-70(75)64-60-56-52-48-44-40-37-33-31-29-27-25-23-21-19-20-22-24-26-28-30-32-34-38-42-46-50-54-58-62-66-77-71(76)65-61-57-53-49-45-41-36-18-16-14-12-10-8-6-4-2/h12,14,18,36,59,63,68-69,73-74H,3-11,13,15-17,19-35,37-58,60-62,64-67H2,1-2H3,(H,72,75)/b14-12-,36-18-,63-59+/t68-,69+/m0/s1. The summed E-state index contributed by atoms with van der Waals surface area (Å²) in [4.78, 5) is 24.5. The zero-order valence-electron chi connectivity index (χ0n) is 52.0. The smallest absolute Gasteiger partial charge is 0.305 e. The molecule has 0 heterocycles. The number of allylic oxidation sites excluding steroid dienone is 5. The first-order valence-electron chi connectivity index (χ1n) is 34.8. The van der Waals surface area contributed by atoms with Crippen molar-refractivity contribution in [1.29, 1.82) is 0 Å². The van der Waals surface area contributed by atoms with Gasteiger partial charge in [0, 0.05) is 12.8 Å². The molecule has 0 fully saturated rings. The second-order valence-corrected chi connectivity index (χ2v) is 23.9. The Morgan fingerprint density at radius 2 is 0.649 bits per heavy atom. The molecule has 454 valence electrons. The Hall–Kier alpha value is -1.92. The topological polar surface area (TPSA) is 95.9 Å². The van der Waals surface area contributed by atoms with Crippen LogP contribution in [0.2, 0.25) is 0 Å². The number of carbonyl (C=O) groups excluding carboxylic acids is 2. The SMILES string of the molecule is CCCCC/C=C\C/C=C\CCCCCCCC(=O)OCCCCCCCCCCCCCCCCCCCCCCCCCCCCCCCCC(=O)N[C@@H](CO)[C@H](O)/C=C/CCCCCCCCCCCCCCC. The number of rotatable bonds is 65. The minimum atomic E-state index is -0.841. The van der Waals surface area contributed by atoms with Gasteiger partial charge in [-0.25, -0.2) is 0 Å². The predicted molar refractivity (Wildman–Crippen MR) is 338 cm³/mol. The van der Waals surface area contributed by atoms with Crippen LogP contribution in [0.15, 0.2) is 36.5 Å². The predicted octanol–water partition coefficient (Wildman–Crippen LogP) is 22.3. The average Bonchev–Trinajstić information content (AvgIpc) is 3.43. The number of carbonyl (C=O) groups is 2. The summed E-state index contributed by atoms with van der Waals surface area (Å²) in [5.74, 6) is -0.0561. The molecule has 0 aliphatic rings. The molecule has 0 aromatic carbocycles. The number of hydrogen-bond donors (Lipinski definition) is 3. The van der Waals surface area contributed by atoms with E-state index in [2.05, 4.69) is 43.5 Å². The van der Waals surface area contributed by atoms with Gasteiger partial charge in [0.25, 0.3) is 0 Å². The Labute approximate surface area is 481 Å². The third-order valence-electron chi connectivity index (χ3n) is 16.2. The van der Waals surface area contributed by atoms with Crippen LogP contribution in [-0.2, 0) is 14.3 Å². The van der Waals surface area contributed by atoms with Crippen LogP contribution in [0.1, 0.15) is 380 Å². The maximum absolute atomic E-state index is 12.5. The summed E-state index contributed by atoms with van der Waals surface area (Å²) in [6.07, 6.45) is 85.1. The Bertz CT molecular complexity index is 1250. The summed E-state index contributed by atoms with van der Waals surface area (Å²) in [5, 5.41) is 23.2. The number of aliphatic hydroxyl groups excluding tert-OH is 2. The summed E-state index contributed by atoms with van der Waals surface area (Å²) in [6, 6.07) is -0.625. The summed E-state index contributed by atoms with van der Waals surface area (Å²) in [6.45, 7) is 4.90. The highest BCUT2D eigenvalue weighted by Gasteiger charge is 2.18. The van der Waals surface area contributed by atoms with Crippen molar-refractivity contribution in [3.8, 4) is 0 Å². The normalized spacial score (nSPS) is 12.7. The fourth-order valence-electron chi connectivity index (χ4n) is 10.8. The minimum Gasteiger partial charge on any atom is -0.466 e. The second-order valence-electron chi connectivity index (χ2n) is 23.9. The molecule has 0 aromatic rings. The van der Waals surface area contributed by atoms with Gasteiger partial charge in [-0.1, -0.05) is 339 Å².